The second kappa shape index (κ2) is 17.9. The molecule has 0 nitrogen and oxygen atoms in total. The second-order valence-electron chi connectivity index (χ2n) is 22.9. The fraction of sp³-hybridized carbons (Fsp3) is 1.00. The Kier molecular flexibility index (Phi) is 13.0. The van der Waals surface area contributed by atoms with Gasteiger partial charge in [-0.1, -0.05) is 136 Å². The molecule has 0 heterocycles. The zero-order chi connectivity index (χ0) is 35.7. The molecular formula is C53H90. The van der Waals surface area contributed by atoms with Crippen LogP contribution in [0.2, 0.25) is 0 Å². The number of hydrogen-bond donors (Lipinski definition) is 0. The number of unbranched alkanes of at least 4 members (excludes halogenated alkanes) is 4. The van der Waals surface area contributed by atoms with Gasteiger partial charge in [0, 0.05) is 0 Å². The van der Waals surface area contributed by atoms with Crippen molar-refractivity contribution >= 4 is 0 Å². The van der Waals surface area contributed by atoms with E-state index in [2.05, 4.69) is 13.8 Å². The molecule has 0 amide bonds. The average molecular weight is 727 g/mol. The normalized spacial score (nSPS) is 49.9. The van der Waals surface area contributed by atoms with Gasteiger partial charge in [0.15, 0.2) is 0 Å². The molecule has 0 saturated heterocycles. The Labute approximate surface area is 331 Å². The van der Waals surface area contributed by atoms with Crippen LogP contribution < -0.4 is 0 Å². The van der Waals surface area contributed by atoms with Gasteiger partial charge in [-0.2, -0.15) is 0 Å². The van der Waals surface area contributed by atoms with Crippen LogP contribution in [-0.4, -0.2) is 0 Å². The van der Waals surface area contributed by atoms with Crippen LogP contribution in [0.15, 0.2) is 0 Å². The topological polar surface area (TPSA) is 0 Å². The van der Waals surface area contributed by atoms with E-state index >= 15 is 0 Å². The number of rotatable bonds is 11. The highest BCUT2D eigenvalue weighted by Crippen LogP contribution is 2.68. The molecule has 0 aromatic rings. The Hall–Kier alpha value is 0. The lowest BCUT2D eigenvalue weighted by Crippen LogP contribution is -2.58. The van der Waals surface area contributed by atoms with E-state index in [1.165, 1.54) is 32.1 Å². The van der Waals surface area contributed by atoms with E-state index in [4.69, 9.17) is 0 Å². The second-order valence-corrected chi connectivity index (χ2v) is 22.9. The standard InChI is InChI=1S/C53H90/c1-3-5-7-18-37-32-33-49(42-23-10-9-22-41(37)42)52-45-26-13-15-28-47(45)53(48-29-16-14-27-46(48)52)51-40(19-8-6-4-2)35-50(43-24-11-12-25-44(43)51)39-31-30-36-20-17-21-38(36)34-39/h36-53H,3-35H2,1-2H3. The maximum atomic E-state index is 2.48. The van der Waals surface area contributed by atoms with Crippen molar-refractivity contribution in [3.05, 3.63) is 0 Å². The lowest BCUT2D eigenvalue weighted by molar-refractivity contribution is -0.163. The van der Waals surface area contributed by atoms with Crippen LogP contribution in [0.5, 0.6) is 0 Å². The molecule has 9 rings (SSSR count). The summed E-state index contributed by atoms with van der Waals surface area (Å²) >= 11 is 0. The van der Waals surface area contributed by atoms with E-state index in [0.717, 1.165) is 107 Å². The molecule has 0 heteroatoms. The molecule has 9 saturated carbocycles. The molecule has 302 valence electrons. The van der Waals surface area contributed by atoms with Crippen molar-refractivity contribution in [2.45, 2.75) is 226 Å². The SMILES string of the molecule is CCCCCC1CCC(C2C3CCCCC3C(C3C(CCCCC)CC(C4CCC5CCCC5C4)C4CCCCC43)C3CCCCC32)C2CCCCC12. The summed E-state index contributed by atoms with van der Waals surface area (Å²) in [4.78, 5) is 0. The van der Waals surface area contributed by atoms with E-state index in [1.807, 2.05) is 0 Å². The molecule has 16 atom stereocenters. The summed E-state index contributed by atoms with van der Waals surface area (Å²) in [6.07, 6.45) is 52.5. The Morgan fingerprint density at radius 1 is 0.283 bits per heavy atom. The first-order chi connectivity index (χ1) is 26.2. The molecule has 0 aromatic carbocycles. The monoisotopic (exact) mass is 727 g/mol. The first-order valence-corrected chi connectivity index (χ1v) is 26.2. The molecule has 9 aliphatic carbocycles. The van der Waals surface area contributed by atoms with Gasteiger partial charge in [0.05, 0.1) is 0 Å². The van der Waals surface area contributed by atoms with E-state index in [-0.39, 0.29) is 0 Å². The van der Waals surface area contributed by atoms with Crippen LogP contribution in [0.1, 0.15) is 226 Å². The smallest absolute Gasteiger partial charge is 0.0318 e. The molecule has 53 heavy (non-hydrogen) atoms. The molecule has 0 aromatic heterocycles. The van der Waals surface area contributed by atoms with Gasteiger partial charge in [-0.3, -0.25) is 0 Å². The maximum absolute atomic E-state index is 2.48. The van der Waals surface area contributed by atoms with Crippen molar-refractivity contribution < 1.29 is 0 Å². The van der Waals surface area contributed by atoms with E-state index in [0.29, 0.717) is 0 Å². The van der Waals surface area contributed by atoms with Gasteiger partial charge in [0.25, 0.3) is 0 Å². The highest BCUT2D eigenvalue weighted by Gasteiger charge is 2.60. The maximum Gasteiger partial charge on any atom is -0.0318 e. The minimum atomic E-state index is 1.08. The van der Waals surface area contributed by atoms with Crippen LogP contribution in [0.3, 0.4) is 0 Å². The Bertz CT molecular complexity index is 1100. The molecule has 0 spiro atoms. The molecular weight excluding hydrogens is 637 g/mol. The fourth-order valence-electron chi connectivity index (χ4n) is 19.2. The minimum absolute atomic E-state index is 1.08. The predicted octanol–water partition coefficient (Wildman–Crippen LogP) is 16.1. The van der Waals surface area contributed by atoms with Crippen molar-refractivity contribution in [1.82, 2.24) is 0 Å². The van der Waals surface area contributed by atoms with Gasteiger partial charge in [0.2, 0.25) is 0 Å². The van der Waals surface area contributed by atoms with Gasteiger partial charge in [0.1, 0.15) is 0 Å². The molecule has 0 N–H and O–H groups in total. The van der Waals surface area contributed by atoms with E-state index in [1.54, 1.807) is 180 Å². The molecule has 0 radical (unpaired) electrons. The minimum Gasteiger partial charge on any atom is -0.0654 e. The molecule has 9 fully saturated rings. The summed E-state index contributed by atoms with van der Waals surface area (Å²) in [7, 11) is 0. The van der Waals surface area contributed by atoms with Crippen molar-refractivity contribution in [3.8, 4) is 0 Å². The third-order valence-corrected chi connectivity index (χ3v) is 20.9. The van der Waals surface area contributed by atoms with E-state index in [9.17, 15) is 0 Å². The summed E-state index contributed by atoms with van der Waals surface area (Å²) in [5.74, 6) is 20.1. The summed E-state index contributed by atoms with van der Waals surface area (Å²) < 4.78 is 0. The summed E-state index contributed by atoms with van der Waals surface area (Å²) in [5, 5.41) is 0. The summed E-state index contributed by atoms with van der Waals surface area (Å²) in [6, 6.07) is 0. The zero-order valence-corrected chi connectivity index (χ0v) is 35.7. The third-order valence-electron chi connectivity index (χ3n) is 20.9. The molecule has 16 unspecified atom stereocenters. The summed E-state index contributed by atoms with van der Waals surface area (Å²) in [6.45, 7) is 4.90. The van der Waals surface area contributed by atoms with Gasteiger partial charge in [-0.05, 0) is 196 Å². The third kappa shape index (κ3) is 7.69. The van der Waals surface area contributed by atoms with Crippen LogP contribution in [0, 0.1) is 107 Å². The van der Waals surface area contributed by atoms with Gasteiger partial charge in [-0.25, -0.2) is 0 Å². The quantitative estimate of drug-likeness (QED) is 0.186. The van der Waals surface area contributed by atoms with Crippen LogP contribution in [-0.2, 0) is 0 Å². The first-order valence-electron chi connectivity index (χ1n) is 26.2. The highest BCUT2D eigenvalue weighted by molar-refractivity contribution is 5.09. The highest BCUT2D eigenvalue weighted by atomic mass is 14.7. The van der Waals surface area contributed by atoms with Gasteiger partial charge in [-0.15, -0.1) is 0 Å². The molecule has 9 aliphatic rings. The van der Waals surface area contributed by atoms with Gasteiger partial charge >= 0.3 is 0 Å². The Morgan fingerprint density at radius 2 is 0.755 bits per heavy atom. The molecule has 0 bridgehead atoms. The number of hydrogen-bond acceptors (Lipinski definition) is 0. The van der Waals surface area contributed by atoms with Crippen LogP contribution in [0.25, 0.3) is 0 Å². The summed E-state index contributed by atoms with van der Waals surface area (Å²) in [5.41, 5.74) is 0. The Morgan fingerprint density at radius 3 is 1.38 bits per heavy atom. The van der Waals surface area contributed by atoms with Gasteiger partial charge < -0.3 is 0 Å². The zero-order valence-electron chi connectivity index (χ0n) is 35.7. The predicted molar refractivity (Wildman–Crippen MR) is 227 cm³/mol. The van der Waals surface area contributed by atoms with Crippen LogP contribution in [0.4, 0.5) is 0 Å². The molecule has 0 aliphatic heterocycles. The lowest BCUT2D eigenvalue weighted by Gasteiger charge is -2.65. The van der Waals surface area contributed by atoms with E-state index < -0.39 is 0 Å². The largest absolute Gasteiger partial charge is 0.0654 e. The fourth-order valence-corrected chi connectivity index (χ4v) is 19.2. The number of fused-ring (bicyclic) bond motifs is 5. The van der Waals surface area contributed by atoms with Crippen molar-refractivity contribution in [1.29, 1.82) is 0 Å². The van der Waals surface area contributed by atoms with Crippen molar-refractivity contribution in [2.75, 3.05) is 0 Å². The average Bonchev–Trinajstić information content (AvgIpc) is 3.69. The van der Waals surface area contributed by atoms with Crippen molar-refractivity contribution in [3.63, 3.8) is 0 Å². The van der Waals surface area contributed by atoms with Crippen molar-refractivity contribution in [2.24, 2.45) is 107 Å². The van der Waals surface area contributed by atoms with Crippen LogP contribution >= 0.6 is 0 Å². The lowest BCUT2D eigenvalue weighted by atomic mass is 9.40. The Balaban J connectivity index is 1.03. The first kappa shape index (κ1) is 38.5.